The van der Waals surface area contributed by atoms with E-state index in [0.717, 1.165) is 11.5 Å². The minimum absolute atomic E-state index is 0.431. The molecule has 1 nitrogen and oxygen atoms in total. The summed E-state index contributed by atoms with van der Waals surface area (Å²) >= 11 is 3.29. The average molecular weight is 159 g/mol. The Bertz CT molecular complexity index is 134. The molecule has 1 atom stereocenters. The summed E-state index contributed by atoms with van der Waals surface area (Å²) in [6, 6.07) is 0. The summed E-state index contributed by atoms with van der Waals surface area (Å²) in [5.74, 6) is 0. The monoisotopic (exact) mass is 159 g/mol. The molecule has 1 rings (SSSR count). The Labute approximate surface area is 63.8 Å². The topological polar surface area (TPSA) is 23.9 Å². The van der Waals surface area contributed by atoms with Crippen molar-refractivity contribution in [3.05, 3.63) is 11.5 Å². The maximum atomic E-state index is 7.44. The summed E-state index contributed by atoms with van der Waals surface area (Å²) in [4.78, 5) is 0. The number of hydrogen-bond acceptors (Lipinski definition) is 3. The van der Waals surface area contributed by atoms with Crippen LogP contribution in [0.4, 0.5) is 0 Å². The Morgan fingerprint density at radius 3 is 3.11 bits per heavy atom. The molecule has 0 saturated heterocycles. The van der Waals surface area contributed by atoms with E-state index in [1.807, 2.05) is 6.26 Å². The smallest absolute Gasteiger partial charge is 0.0775 e. The minimum atomic E-state index is 0.431. The van der Waals surface area contributed by atoms with E-state index >= 15 is 0 Å². The van der Waals surface area contributed by atoms with E-state index < -0.39 is 0 Å². The van der Waals surface area contributed by atoms with Crippen LogP contribution in [0, 0.1) is 5.41 Å². The largest absolute Gasteiger partial charge is 0.297 e. The first-order valence-corrected chi connectivity index (χ1v) is 4.94. The van der Waals surface area contributed by atoms with Crippen LogP contribution in [0.25, 0.3) is 0 Å². The SMILES string of the molecule is CSC(=N)C1CC=CS1. The second kappa shape index (κ2) is 3.32. The quantitative estimate of drug-likeness (QED) is 0.469. The fraction of sp³-hybridized carbons (Fsp3) is 0.500. The van der Waals surface area contributed by atoms with Crippen LogP contribution < -0.4 is 0 Å². The van der Waals surface area contributed by atoms with Crippen molar-refractivity contribution in [3.8, 4) is 0 Å². The fourth-order valence-electron chi connectivity index (χ4n) is 0.685. The lowest BCUT2D eigenvalue weighted by atomic mass is 10.3. The van der Waals surface area contributed by atoms with Gasteiger partial charge in [-0.3, -0.25) is 5.41 Å². The van der Waals surface area contributed by atoms with Gasteiger partial charge in [-0.05, 0) is 18.1 Å². The third kappa shape index (κ3) is 1.76. The average Bonchev–Trinajstić information content (AvgIpc) is 2.37. The van der Waals surface area contributed by atoms with E-state index in [4.69, 9.17) is 5.41 Å². The first-order valence-electron chi connectivity index (χ1n) is 2.77. The zero-order valence-electron chi connectivity index (χ0n) is 5.26. The summed E-state index contributed by atoms with van der Waals surface area (Å²) in [7, 11) is 0. The normalized spacial score (nSPS) is 24.8. The molecule has 0 saturated carbocycles. The molecule has 0 bridgehead atoms. The van der Waals surface area contributed by atoms with E-state index in [-0.39, 0.29) is 0 Å². The molecule has 0 aromatic carbocycles. The van der Waals surface area contributed by atoms with Crippen molar-refractivity contribution >= 4 is 28.6 Å². The van der Waals surface area contributed by atoms with Gasteiger partial charge < -0.3 is 0 Å². The summed E-state index contributed by atoms with van der Waals surface area (Å²) in [6.07, 6.45) is 5.13. The molecule has 0 aromatic heterocycles. The molecular formula is C6H9NS2. The first-order chi connectivity index (χ1) is 4.34. The van der Waals surface area contributed by atoms with E-state index in [2.05, 4.69) is 11.5 Å². The summed E-state index contributed by atoms with van der Waals surface area (Å²) in [6.45, 7) is 0. The van der Waals surface area contributed by atoms with Crippen molar-refractivity contribution in [3.63, 3.8) is 0 Å². The molecule has 1 aliphatic rings. The Balaban J connectivity index is 2.36. The maximum Gasteiger partial charge on any atom is 0.0775 e. The van der Waals surface area contributed by atoms with Crippen molar-refractivity contribution in [1.82, 2.24) is 0 Å². The predicted molar refractivity (Wildman–Crippen MR) is 46.4 cm³/mol. The molecule has 0 radical (unpaired) electrons. The van der Waals surface area contributed by atoms with Crippen molar-refractivity contribution in [2.75, 3.05) is 6.26 Å². The number of allylic oxidation sites excluding steroid dienone is 1. The summed E-state index contributed by atoms with van der Waals surface area (Å²) < 4.78 is 0. The summed E-state index contributed by atoms with van der Waals surface area (Å²) in [5.41, 5.74) is 0. The van der Waals surface area contributed by atoms with Gasteiger partial charge in [0.2, 0.25) is 0 Å². The van der Waals surface area contributed by atoms with E-state index in [0.29, 0.717) is 5.25 Å². The highest BCUT2D eigenvalue weighted by Gasteiger charge is 2.14. The molecule has 0 spiro atoms. The molecule has 1 unspecified atom stereocenters. The zero-order valence-corrected chi connectivity index (χ0v) is 6.89. The van der Waals surface area contributed by atoms with Crippen molar-refractivity contribution in [2.24, 2.45) is 0 Å². The molecule has 1 aliphatic heterocycles. The third-order valence-corrected chi connectivity index (χ3v) is 3.18. The molecule has 50 valence electrons. The fourth-order valence-corrected chi connectivity index (χ4v) is 2.26. The Hall–Kier alpha value is 0.110. The lowest BCUT2D eigenvalue weighted by Crippen LogP contribution is -2.07. The van der Waals surface area contributed by atoms with Gasteiger partial charge in [0.15, 0.2) is 0 Å². The van der Waals surface area contributed by atoms with Crippen molar-refractivity contribution in [1.29, 1.82) is 5.41 Å². The van der Waals surface area contributed by atoms with Gasteiger partial charge in [0.05, 0.1) is 10.3 Å². The molecule has 9 heavy (non-hydrogen) atoms. The standard InChI is InChI=1S/C6H9NS2/c1-8-6(7)5-3-2-4-9-5/h2,4-5,7H,3H2,1H3. The van der Waals surface area contributed by atoms with Gasteiger partial charge in [-0.15, -0.1) is 23.5 Å². The molecule has 3 heteroatoms. The third-order valence-electron chi connectivity index (χ3n) is 1.20. The van der Waals surface area contributed by atoms with Gasteiger partial charge in [0, 0.05) is 0 Å². The van der Waals surface area contributed by atoms with Gasteiger partial charge in [-0.25, -0.2) is 0 Å². The van der Waals surface area contributed by atoms with Gasteiger partial charge in [-0.1, -0.05) is 6.08 Å². The lowest BCUT2D eigenvalue weighted by molar-refractivity contribution is 1.15. The van der Waals surface area contributed by atoms with Crippen LogP contribution in [0.1, 0.15) is 6.42 Å². The summed E-state index contributed by atoms with van der Waals surface area (Å²) in [5, 5.41) is 10.7. The number of nitrogens with one attached hydrogen (secondary N) is 1. The lowest BCUT2D eigenvalue weighted by Gasteiger charge is -2.05. The van der Waals surface area contributed by atoms with Gasteiger partial charge >= 0.3 is 0 Å². The van der Waals surface area contributed by atoms with Crippen molar-refractivity contribution < 1.29 is 0 Å². The molecule has 0 fully saturated rings. The second-order valence-corrected chi connectivity index (χ2v) is 3.76. The molecule has 1 heterocycles. The van der Waals surface area contributed by atoms with E-state index in [9.17, 15) is 0 Å². The van der Waals surface area contributed by atoms with Crippen molar-refractivity contribution in [2.45, 2.75) is 11.7 Å². The molecule has 0 aromatic rings. The van der Waals surface area contributed by atoms with Crippen LogP contribution in [0.3, 0.4) is 0 Å². The van der Waals surface area contributed by atoms with Crippen LogP contribution in [0.15, 0.2) is 11.5 Å². The predicted octanol–water partition coefficient (Wildman–Crippen LogP) is 2.35. The van der Waals surface area contributed by atoms with Gasteiger partial charge in [-0.2, -0.15) is 0 Å². The molecular weight excluding hydrogens is 150 g/mol. The minimum Gasteiger partial charge on any atom is -0.297 e. The van der Waals surface area contributed by atoms with Crippen LogP contribution >= 0.6 is 23.5 Å². The van der Waals surface area contributed by atoms with Crippen LogP contribution in [0.2, 0.25) is 0 Å². The molecule has 1 N–H and O–H groups in total. The highest BCUT2D eigenvalue weighted by molar-refractivity contribution is 8.16. The number of hydrogen-bond donors (Lipinski definition) is 1. The van der Waals surface area contributed by atoms with Crippen LogP contribution in [-0.2, 0) is 0 Å². The molecule has 0 amide bonds. The van der Waals surface area contributed by atoms with Gasteiger partial charge in [0.1, 0.15) is 0 Å². The van der Waals surface area contributed by atoms with Crippen LogP contribution in [-0.4, -0.2) is 16.5 Å². The molecule has 0 aliphatic carbocycles. The second-order valence-electron chi connectivity index (χ2n) is 1.80. The highest BCUT2D eigenvalue weighted by atomic mass is 32.2. The number of thioether (sulfide) groups is 2. The Kier molecular flexibility index (Phi) is 2.66. The van der Waals surface area contributed by atoms with E-state index in [1.165, 1.54) is 0 Å². The number of rotatable bonds is 1. The Morgan fingerprint density at radius 1 is 1.89 bits per heavy atom. The van der Waals surface area contributed by atoms with E-state index in [1.54, 1.807) is 23.5 Å². The van der Waals surface area contributed by atoms with Gasteiger partial charge in [0.25, 0.3) is 0 Å². The zero-order chi connectivity index (χ0) is 6.69. The maximum absolute atomic E-state index is 7.44. The Morgan fingerprint density at radius 2 is 2.67 bits per heavy atom. The first kappa shape index (κ1) is 7.22. The van der Waals surface area contributed by atoms with Crippen LogP contribution in [0.5, 0.6) is 0 Å². The highest BCUT2D eigenvalue weighted by Crippen LogP contribution is 2.27.